The standard InChI is InChI=1S/C22H18Cl2N2O4S/c23-17-5-3-6-18(24)21(17)31(28,29)13-15-8-9-20(30-15)22(27)25-11-10-14-12-26-19-7-2-1-4-16(14)19/h1-9,12,26H,10-11,13H2,(H,25,27). The fourth-order valence-electron chi connectivity index (χ4n) is 3.35. The van der Waals surface area contributed by atoms with Crippen LogP contribution in [-0.2, 0) is 22.0 Å². The highest BCUT2D eigenvalue weighted by atomic mass is 35.5. The maximum absolute atomic E-state index is 12.7. The molecule has 2 heterocycles. The van der Waals surface area contributed by atoms with Crippen LogP contribution in [0, 0.1) is 0 Å². The first kappa shape index (κ1) is 21.5. The normalized spacial score (nSPS) is 11.7. The molecule has 0 radical (unpaired) electrons. The molecule has 0 aliphatic carbocycles. The Hall–Kier alpha value is -2.74. The van der Waals surface area contributed by atoms with E-state index in [1.807, 2.05) is 30.5 Å². The molecule has 31 heavy (non-hydrogen) atoms. The molecule has 0 atom stereocenters. The van der Waals surface area contributed by atoms with Crippen LogP contribution in [0.4, 0.5) is 0 Å². The number of nitrogens with one attached hydrogen (secondary N) is 2. The van der Waals surface area contributed by atoms with E-state index in [0.717, 1.165) is 16.5 Å². The zero-order valence-electron chi connectivity index (χ0n) is 16.2. The summed E-state index contributed by atoms with van der Waals surface area (Å²) in [5.74, 6) is -0.717. The van der Waals surface area contributed by atoms with Crippen molar-refractivity contribution in [1.29, 1.82) is 0 Å². The summed E-state index contributed by atoms with van der Waals surface area (Å²) in [6, 6.07) is 15.3. The third kappa shape index (κ3) is 4.63. The van der Waals surface area contributed by atoms with Gasteiger partial charge < -0.3 is 14.7 Å². The Morgan fingerprint density at radius 1 is 1.00 bits per heavy atom. The molecule has 2 aromatic carbocycles. The number of aromatic amines is 1. The lowest BCUT2D eigenvalue weighted by Crippen LogP contribution is -2.25. The number of carbonyl (C=O) groups excluding carboxylic acids is 1. The molecule has 0 unspecified atom stereocenters. The number of aromatic nitrogens is 1. The summed E-state index contributed by atoms with van der Waals surface area (Å²) in [7, 11) is -3.85. The Bertz CT molecular complexity index is 1340. The average molecular weight is 477 g/mol. The predicted octanol–water partition coefficient (Wildman–Crippen LogP) is 5.01. The number of halogens is 2. The van der Waals surface area contributed by atoms with Crippen molar-refractivity contribution in [2.45, 2.75) is 17.1 Å². The van der Waals surface area contributed by atoms with Gasteiger partial charge in [-0.1, -0.05) is 47.5 Å². The molecule has 0 fully saturated rings. The number of hydrogen-bond donors (Lipinski definition) is 2. The highest BCUT2D eigenvalue weighted by Gasteiger charge is 2.24. The van der Waals surface area contributed by atoms with Gasteiger partial charge in [-0.25, -0.2) is 8.42 Å². The Morgan fingerprint density at radius 2 is 1.74 bits per heavy atom. The Kier molecular flexibility index (Phi) is 6.09. The van der Waals surface area contributed by atoms with Crippen molar-refractivity contribution in [1.82, 2.24) is 10.3 Å². The van der Waals surface area contributed by atoms with Gasteiger partial charge in [0.25, 0.3) is 5.91 Å². The molecular formula is C22H18Cl2N2O4S. The second-order valence-electron chi connectivity index (χ2n) is 6.94. The zero-order chi connectivity index (χ0) is 22.0. The zero-order valence-corrected chi connectivity index (χ0v) is 18.5. The summed E-state index contributed by atoms with van der Waals surface area (Å²) < 4.78 is 30.9. The van der Waals surface area contributed by atoms with E-state index in [1.165, 1.54) is 24.3 Å². The molecule has 4 aromatic rings. The second kappa shape index (κ2) is 8.78. The predicted molar refractivity (Wildman–Crippen MR) is 120 cm³/mol. The van der Waals surface area contributed by atoms with E-state index in [4.69, 9.17) is 27.6 Å². The lowest BCUT2D eigenvalue weighted by Gasteiger charge is -2.07. The molecule has 9 heteroatoms. The molecule has 0 spiro atoms. The molecule has 2 aromatic heterocycles. The van der Waals surface area contributed by atoms with Crippen molar-refractivity contribution < 1.29 is 17.6 Å². The van der Waals surface area contributed by atoms with E-state index in [9.17, 15) is 13.2 Å². The van der Waals surface area contributed by atoms with Crippen LogP contribution in [0.3, 0.4) is 0 Å². The van der Waals surface area contributed by atoms with E-state index in [0.29, 0.717) is 13.0 Å². The quantitative estimate of drug-likeness (QED) is 0.391. The number of para-hydroxylation sites is 1. The summed E-state index contributed by atoms with van der Waals surface area (Å²) in [5, 5.41) is 3.97. The molecule has 0 aliphatic rings. The molecule has 0 aliphatic heterocycles. The second-order valence-corrected chi connectivity index (χ2v) is 9.68. The minimum atomic E-state index is -3.85. The van der Waals surface area contributed by atoms with Crippen LogP contribution in [0.2, 0.25) is 10.0 Å². The van der Waals surface area contributed by atoms with Crippen LogP contribution in [0.5, 0.6) is 0 Å². The van der Waals surface area contributed by atoms with E-state index < -0.39 is 21.5 Å². The number of rotatable bonds is 7. The van der Waals surface area contributed by atoms with Gasteiger partial charge in [-0.2, -0.15) is 0 Å². The number of fused-ring (bicyclic) bond motifs is 1. The van der Waals surface area contributed by atoms with E-state index in [-0.39, 0.29) is 26.5 Å². The number of sulfone groups is 1. The van der Waals surface area contributed by atoms with Crippen LogP contribution >= 0.6 is 23.2 Å². The molecule has 160 valence electrons. The Morgan fingerprint density at radius 3 is 2.52 bits per heavy atom. The molecule has 6 nitrogen and oxygen atoms in total. The van der Waals surface area contributed by atoms with Gasteiger partial charge in [-0.05, 0) is 42.3 Å². The van der Waals surface area contributed by atoms with Gasteiger partial charge >= 0.3 is 0 Å². The van der Waals surface area contributed by atoms with Crippen LogP contribution in [0.25, 0.3) is 10.9 Å². The number of benzene rings is 2. The fourth-order valence-corrected chi connectivity index (χ4v) is 5.86. The first-order valence-electron chi connectivity index (χ1n) is 9.44. The summed E-state index contributed by atoms with van der Waals surface area (Å²) in [6.45, 7) is 0.407. The van der Waals surface area contributed by atoms with E-state index in [1.54, 1.807) is 6.07 Å². The third-order valence-corrected chi connectivity index (χ3v) is 7.38. The van der Waals surface area contributed by atoms with E-state index >= 15 is 0 Å². The van der Waals surface area contributed by atoms with Crippen molar-refractivity contribution in [2.75, 3.05) is 6.54 Å². The fraction of sp³-hybridized carbons (Fsp3) is 0.136. The van der Waals surface area contributed by atoms with Gasteiger partial charge in [0.2, 0.25) is 0 Å². The highest BCUT2D eigenvalue weighted by molar-refractivity contribution is 7.90. The molecular weight excluding hydrogens is 459 g/mol. The number of H-pyrrole nitrogens is 1. The van der Waals surface area contributed by atoms with Gasteiger partial charge in [-0.15, -0.1) is 0 Å². The van der Waals surface area contributed by atoms with Crippen molar-refractivity contribution in [3.05, 3.63) is 87.9 Å². The first-order valence-corrected chi connectivity index (χ1v) is 11.8. The summed E-state index contributed by atoms with van der Waals surface area (Å²) in [5.41, 5.74) is 2.14. The third-order valence-electron chi connectivity index (χ3n) is 4.80. The van der Waals surface area contributed by atoms with E-state index in [2.05, 4.69) is 10.3 Å². The summed E-state index contributed by atoms with van der Waals surface area (Å²) in [4.78, 5) is 15.4. The highest BCUT2D eigenvalue weighted by Crippen LogP contribution is 2.31. The van der Waals surface area contributed by atoms with Crippen LogP contribution < -0.4 is 5.32 Å². The first-order chi connectivity index (χ1) is 14.8. The Labute approximate surface area is 189 Å². The minimum absolute atomic E-state index is 0.0364. The lowest BCUT2D eigenvalue weighted by atomic mass is 10.1. The van der Waals surface area contributed by atoms with Crippen molar-refractivity contribution in [3.63, 3.8) is 0 Å². The largest absolute Gasteiger partial charge is 0.455 e. The topological polar surface area (TPSA) is 92.2 Å². The van der Waals surface area contributed by atoms with Crippen molar-refractivity contribution in [3.8, 4) is 0 Å². The number of furan rings is 1. The minimum Gasteiger partial charge on any atom is -0.455 e. The molecule has 0 saturated heterocycles. The van der Waals surface area contributed by atoms with Crippen molar-refractivity contribution >= 4 is 49.8 Å². The number of hydrogen-bond acceptors (Lipinski definition) is 4. The summed E-state index contributed by atoms with van der Waals surface area (Å²) >= 11 is 12.0. The number of amides is 1. The molecule has 0 bridgehead atoms. The maximum Gasteiger partial charge on any atom is 0.287 e. The molecule has 0 saturated carbocycles. The smallest absolute Gasteiger partial charge is 0.287 e. The molecule has 2 N–H and O–H groups in total. The maximum atomic E-state index is 12.7. The number of carbonyl (C=O) groups is 1. The van der Waals surface area contributed by atoms with Gasteiger partial charge in [-0.3, -0.25) is 4.79 Å². The van der Waals surface area contributed by atoms with Gasteiger partial charge in [0.1, 0.15) is 16.4 Å². The van der Waals surface area contributed by atoms with Crippen LogP contribution in [-0.4, -0.2) is 25.9 Å². The van der Waals surface area contributed by atoms with Gasteiger partial charge in [0.05, 0.1) is 10.0 Å². The molecule has 4 rings (SSSR count). The average Bonchev–Trinajstić information content (AvgIpc) is 3.34. The summed E-state index contributed by atoms with van der Waals surface area (Å²) in [6.07, 6.45) is 2.56. The lowest BCUT2D eigenvalue weighted by molar-refractivity contribution is 0.0925. The SMILES string of the molecule is O=C(NCCc1c[nH]c2ccccc12)c1ccc(CS(=O)(=O)c2c(Cl)cccc2Cl)o1. The Balaban J connectivity index is 1.39. The van der Waals surface area contributed by atoms with Gasteiger partial charge in [0, 0.05) is 23.6 Å². The van der Waals surface area contributed by atoms with Gasteiger partial charge in [0.15, 0.2) is 15.6 Å². The molecule has 1 amide bonds. The van der Waals surface area contributed by atoms with Crippen molar-refractivity contribution in [2.24, 2.45) is 0 Å². The van der Waals surface area contributed by atoms with Crippen LogP contribution in [0.15, 0.2) is 70.1 Å². The van der Waals surface area contributed by atoms with Crippen LogP contribution in [0.1, 0.15) is 21.9 Å². The monoisotopic (exact) mass is 476 g/mol.